The Hall–Kier alpha value is -2.65. The maximum absolute atomic E-state index is 13.7. The zero-order valence-electron chi connectivity index (χ0n) is 20.4. The lowest BCUT2D eigenvalue weighted by atomic mass is 9.64. The third kappa shape index (κ3) is 3.94. The zero-order chi connectivity index (χ0) is 24.9. The second-order valence-corrected chi connectivity index (χ2v) is 11.0. The molecule has 3 N–H and O–H groups in total. The van der Waals surface area contributed by atoms with Crippen molar-refractivity contribution in [2.45, 2.75) is 90.4 Å². The topological polar surface area (TPSA) is 136 Å². The largest absolute Gasteiger partial charge is 0.480 e. The zero-order valence-corrected chi connectivity index (χ0v) is 20.4. The summed E-state index contributed by atoms with van der Waals surface area (Å²) in [7, 11) is 0. The summed E-state index contributed by atoms with van der Waals surface area (Å²) in [6, 6.07) is -3.33. The van der Waals surface area contributed by atoms with Crippen molar-refractivity contribution in [2.24, 2.45) is 23.2 Å². The van der Waals surface area contributed by atoms with Crippen molar-refractivity contribution in [1.29, 1.82) is 0 Å². The maximum Gasteiger partial charge on any atom is 0.326 e. The summed E-state index contributed by atoms with van der Waals surface area (Å²) in [5.41, 5.74) is -0.697. The van der Waals surface area contributed by atoms with Crippen LogP contribution in [0, 0.1) is 23.2 Å². The highest BCUT2D eigenvalue weighted by molar-refractivity contribution is 6.04. The predicted octanol–water partition coefficient (Wildman–Crippen LogP) is 1.34. The molecule has 2 aliphatic heterocycles. The molecule has 2 aliphatic carbocycles. The van der Waals surface area contributed by atoms with Gasteiger partial charge >= 0.3 is 12.0 Å². The van der Waals surface area contributed by atoms with Gasteiger partial charge in [0, 0.05) is 12.5 Å². The van der Waals surface area contributed by atoms with Crippen molar-refractivity contribution in [3.05, 3.63) is 0 Å². The number of nitrogens with zero attached hydrogens (tertiary/aromatic N) is 2. The van der Waals surface area contributed by atoms with Gasteiger partial charge < -0.3 is 20.6 Å². The molecule has 0 radical (unpaired) electrons. The van der Waals surface area contributed by atoms with Gasteiger partial charge in [0.2, 0.25) is 17.7 Å². The molecule has 0 bridgehead atoms. The van der Waals surface area contributed by atoms with Crippen molar-refractivity contribution in [3.63, 3.8) is 0 Å². The number of urea groups is 1. The van der Waals surface area contributed by atoms with Crippen molar-refractivity contribution in [3.8, 4) is 0 Å². The van der Waals surface area contributed by atoms with Gasteiger partial charge in [0.25, 0.3) is 0 Å². The number of likely N-dealkylation sites (tertiary alicyclic amines) is 2. The summed E-state index contributed by atoms with van der Waals surface area (Å²) < 4.78 is 0. The van der Waals surface area contributed by atoms with E-state index in [4.69, 9.17) is 0 Å². The number of carboxylic acids is 1. The molecule has 4 rings (SSSR count). The molecule has 34 heavy (non-hydrogen) atoms. The number of rotatable bonds is 7. The van der Waals surface area contributed by atoms with Crippen LogP contribution in [0.2, 0.25) is 0 Å². The van der Waals surface area contributed by atoms with Crippen LogP contribution < -0.4 is 10.6 Å². The van der Waals surface area contributed by atoms with E-state index in [1.807, 2.05) is 13.8 Å². The fourth-order valence-electron chi connectivity index (χ4n) is 5.86. The molecule has 2 saturated carbocycles. The third-order valence-electron chi connectivity index (χ3n) is 8.04. The smallest absolute Gasteiger partial charge is 0.326 e. The minimum Gasteiger partial charge on any atom is -0.480 e. The summed E-state index contributed by atoms with van der Waals surface area (Å²) >= 11 is 0. The van der Waals surface area contributed by atoms with Crippen LogP contribution >= 0.6 is 0 Å². The van der Waals surface area contributed by atoms with E-state index in [2.05, 4.69) is 10.6 Å². The van der Waals surface area contributed by atoms with E-state index < -0.39 is 29.5 Å². The van der Waals surface area contributed by atoms with Gasteiger partial charge in [0.05, 0.1) is 17.5 Å². The van der Waals surface area contributed by atoms with Crippen molar-refractivity contribution in [2.75, 3.05) is 6.54 Å². The Kier molecular flexibility index (Phi) is 6.37. The molecule has 2 heterocycles. The van der Waals surface area contributed by atoms with Gasteiger partial charge in [0.15, 0.2) is 0 Å². The van der Waals surface area contributed by atoms with Crippen molar-refractivity contribution < 1.29 is 29.1 Å². The molecule has 4 aliphatic rings. The number of carbonyl (C=O) groups is 5. The van der Waals surface area contributed by atoms with Crippen molar-refractivity contribution >= 4 is 29.7 Å². The second-order valence-electron chi connectivity index (χ2n) is 11.0. The van der Waals surface area contributed by atoms with Crippen LogP contribution in [-0.2, 0) is 19.2 Å². The molecule has 0 aromatic heterocycles. The number of carbonyl (C=O) groups excluding carboxylic acids is 4. The minimum absolute atomic E-state index is 0.0681. The highest BCUT2D eigenvalue weighted by atomic mass is 16.4. The highest BCUT2D eigenvalue weighted by Crippen LogP contribution is 2.56. The molecular formula is C24H36N4O6. The van der Waals surface area contributed by atoms with Crippen LogP contribution in [-0.4, -0.2) is 75.3 Å². The van der Waals surface area contributed by atoms with E-state index in [0.717, 1.165) is 19.3 Å². The Morgan fingerprint density at radius 2 is 1.56 bits per heavy atom. The molecule has 5 amide bonds. The van der Waals surface area contributed by atoms with Gasteiger partial charge in [-0.25, -0.2) is 9.59 Å². The molecule has 188 valence electrons. The molecular weight excluding hydrogens is 440 g/mol. The predicted molar refractivity (Wildman–Crippen MR) is 121 cm³/mol. The molecule has 4 atom stereocenters. The minimum atomic E-state index is -1.14. The fraction of sp³-hybridized carbons (Fsp3) is 0.792. The normalized spacial score (nSPS) is 26.9. The van der Waals surface area contributed by atoms with E-state index >= 15 is 0 Å². The molecule has 2 saturated heterocycles. The Balaban J connectivity index is 1.53. The number of hydrogen-bond acceptors (Lipinski definition) is 5. The fourth-order valence-corrected chi connectivity index (χ4v) is 5.86. The highest BCUT2D eigenvalue weighted by Gasteiger charge is 2.68. The molecule has 0 unspecified atom stereocenters. The number of aliphatic carboxylic acids is 1. The summed E-state index contributed by atoms with van der Waals surface area (Å²) in [5, 5.41) is 14.5. The van der Waals surface area contributed by atoms with E-state index in [9.17, 15) is 29.1 Å². The van der Waals surface area contributed by atoms with Crippen LogP contribution in [0.25, 0.3) is 0 Å². The van der Waals surface area contributed by atoms with Gasteiger partial charge in [-0.1, -0.05) is 34.1 Å². The number of nitrogens with one attached hydrogen (secondary N) is 2. The van der Waals surface area contributed by atoms with E-state index in [-0.39, 0.29) is 47.6 Å². The van der Waals surface area contributed by atoms with Gasteiger partial charge in [-0.15, -0.1) is 0 Å². The third-order valence-corrected chi connectivity index (χ3v) is 8.04. The molecule has 0 aromatic carbocycles. The number of amides is 5. The first-order valence-corrected chi connectivity index (χ1v) is 12.5. The van der Waals surface area contributed by atoms with Crippen LogP contribution in [0.3, 0.4) is 0 Å². The Bertz CT molecular complexity index is 894. The van der Waals surface area contributed by atoms with Gasteiger partial charge in [-0.2, -0.15) is 0 Å². The van der Waals surface area contributed by atoms with E-state index in [1.165, 1.54) is 4.90 Å². The quantitative estimate of drug-likeness (QED) is 0.475. The van der Waals surface area contributed by atoms with Crippen LogP contribution in [0.5, 0.6) is 0 Å². The van der Waals surface area contributed by atoms with E-state index in [1.54, 1.807) is 18.7 Å². The number of fused-ring (bicyclic) bond motifs is 2. The lowest BCUT2D eigenvalue weighted by Gasteiger charge is -2.44. The average molecular weight is 477 g/mol. The Labute approximate surface area is 199 Å². The number of carboxylic acid groups (broad SMARTS) is 1. The van der Waals surface area contributed by atoms with Crippen LogP contribution in [0.4, 0.5) is 4.79 Å². The van der Waals surface area contributed by atoms with Gasteiger partial charge in [0.1, 0.15) is 12.1 Å². The lowest BCUT2D eigenvalue weighted by molar-refractivity contribution is -0.152. The van der Waals surface area contributed by atoms with Crippen LogP contribution in [0.15, 0.2) is 0 Å². The molecule has 4 fully saturated rings. The van der Waals surface area contributed by atoms with Crippen molar-refractivity contribution in [1.82, 2.24) is 20.4 Å². The summed E-state index contributed by atoms with van der Waals surface area (Å²) in [5.74, 6) is -2.29. The lowest BCUT2D eigenvalue weighted by Crippen LogP contribution is -2.60. The first-order chi connectivity index (χ1) is 16.0. The molecule has 1 spiro atoms. The standard InChI is InChI=1S/C24H36N4O6/c1-12(2)16(25-23(34)26-17(13(3)4)21(31)32)20(30)27-11-8-15-18(27)24(9-5-10-24)22(33)28(15)19(29)14-6-7-14/h12-18H,5-11H2,1-4H3,(H,31,32)(H2,25,26,34)/t15-,16-,17-,18-/m0/s1. The SMILES string of the molecule is CC(C)[C@H](NC(=O)N[C@H](C(=O)N1CC[C@H]2[C@H]1C1(CCC1)C(=O)N2C(=O)C1CC1)C(C)C)C(=O)O. The summed E-state index contributed by atoms with van der Waals surface area (Å²) in [6.45, 7) is 7.44. The first kappa shape index (κ1) is 24.5. The Morgan fingerprint density at radius 3 is 2.03 bits per heavy atom. The average Bonchev–Trinajstić information content (AvgIpc) is 3.44. The Morgan fingerprint density at radius 1 is 0.971 bits per heavy atom. The molecule has 10 heteroatoms. The van der Waals surface area contributed by atoms with Gasteiger partial charge in [-0.3, -0.25) is 19.3 Å². The summed E-state index contributed by atoms with van der Waals surface area (Å²) in [4.78, 5) is 67.4. The van der Waals surface area contributed by atoms with Crippen LogP contribution in [0.1, 0.15) is 66.2 Å². The molecule has 0 aromatic rings. The number of imide groups is 1. The monoisotopic (exact) mass is 476 g/mol. The maximum atomic E-state index is 13.7. The van der Waals surface area contributed by atoms with E-state index in [0.29, 0.717) is 25.8 Å². The van der Waals surface area contributed by atoms with Gasteiger partial charge in [-0.05, 0) is 43.9 Å². The molecule has 10 nitrogen and oxygen atoms in total. The second kappa shape index (κ2) is 8.85. The number of hydrogen-bond donors (Lipinski definition) is 3. The summed E-state index contributed by atoms with van der Waals surface area (Å²) in [6.07, 6.45) is 4.41. The first-order valence-electron chi connectivity index (χ1n) is 12.5.